The molecule has 0 saturated heterocycles. The molecule has 3 rings (SSSR count). The molecule has 21 heavy (non-hydrogen) atoms. The maximum Gasteiger partial charge on any atom is 0.262 e. The van der Waals surface area contributed by atoms with Crippen molar-refractivity contribution in [2.75, 3.05) is 0 Å². The number of fused-ring (bicyclic) bond motifs is 1. The summed E-state index contributed by atoms with van der Waals surface area (Å²) >= 11 is 7.44. The van der Waals surface area contributed by atoms with Crippen molar-refractivity contribution in [3.63, 3.8) is 0 Å². The number of alkyl halides is 1. The first-order chi connectivity index (χ1) is 10.3. The van der Waals surface area contributed by atoms with Crippen molar-refractivity contribution in [1.29, 1.82) is 0 Å². The van der Waals surface area contributed by atoms with E-state index in [2.05, 4.69) is 4.98 Å². The van der Waals surface area contributed by atoms with Gasteiger partial charge in [0.2, 0.25) is 0 Å². The molecule has 2 aromatic heterocycles. The van der Waals surface area contributed by atoms with Crippen molar-refractivity contribution < 1.29 is 0 Å². The van der Waals surface area contributed by atoms with Crippen LogP contribution in [0, 0.1) is 0 Å². The highest BCUT2D eigenvalue weighted by Crippen LogP contribution is 2.30. The lowest BCUT2D eigenvalue weighted by Gasteiger charge is -2.09. The highest BCUT2D eigenvalue weighted by molar-refractivity contribution is 7.17. The van der Waals surface area contributed by atoms with Gasteiger partial charge in [0, 0.05) is 17.5 Å². The van der Waals surface area contributed by atoms with Gasteiger partial charge in [-0.2, -0.15) is 0 Å². The second-order valence-electron chi connectivity index (χ2n) is 4.81. The summed E-state index contributed by atoms with van der Waals surface area (Å²) in [5, 5.41) is 2.71. The summed E-state index contributed by atoms with van der Waals surface area (Å²) in [6.07, 6.45) is 0.877. The van der Waals surface area contributed by atoms with E-state index >= 15 is 0 Å². The van der Waals surface area contributed by atoms with E-state index in [0.29, 0.717) is 17.8 Å². The SMILES string of the molecule is CCCn1c(CCl)nc2scc(-c3ccccc3)c2c1=O. The molecular weight excluding hydrogens is 304 g/mol. The van der Waals surface area contributed by atoms with Gasteiger partial charge in [0.1, 0.15) is 10.7 Å². The van der Waals surface area contributed by atoms with E-state index in [1.165, 1.54) is 11.3 Å². The topological polar surface area (TPSA) is 34.9 Å². The summed E-state index contributed by atoms with van der Waals surface area (Å²) in [6, 6.07) is 9.95. The number of aromatic nitrogens is 2. The molecule has 0 spiro atoms. The molecule has 0 amide bonds. The maximum absolute atomic E-state index is 12.8. The van der Waals surface area contributed by atoms with Gasteiger partial charge in [-0.05, 0) is 12.0 Å². The molecule has 0 aliphatic heterocycles. The summed E-state index contributed by atoms with van der Waals surface area (Å²) in [5.74, 6) is 0.904. The molecule has 0 N–H and O–H groups in total. The Hall–Kier alpha value is -1.65. The lowest BCUT2D eigenvalue weighted by molar-refractivity contribution is 0.622. The van der Waals surface area contributed by atoms with Crippen LogP contribution in [0.2, 0.25) is 0 Å². The van der Waals surface area contributed by atoms with Gasteiger partial charge in [-0.25, -0.2) is 4.98 Å². The van der Waals surface area contributed by atoms with Gasteiger partial charge in [-0.15, -0.1) is 22.9 Å². The standard InChI is InChI=1S/C16H15ClN2OS/c1-2-8-19-13(9-17)18-15-14(16(19)20)12(10-21-15)11-6-4-3-5-7-11/h3-7,10H,2,8-9H2,1H3. The number of thiophene rings is 1. The number of hydrogen-bond acceptors (Lipinski definition) is 3. The van der Waals surface area contributed by atoms with Gasteiger partial charge >= 0.3 is 0 Å². The van der Waals surface area contributed by atoms with Crippen molar-refractivity contribution in [3.05, 3.63) is 51.9 Å². The Bertz CT molecular complexity index is 823. The molecule has 5 heteroatoms. The first-order valence-corrected chi connectivity index (χ1v) is 8.30. The van der Waals surface area contributed by atoms with Crippen LogP contribution in [0.4, 0.5) is 0 Å². The minimum absolute atomic E-state index is 0.0117. The molecule has 0 atom stereocenters. The normalized spacial score (nSPS) is 11.1. The zero-order valence-corrected chi connectivity index (χ0v) is 13.2. The van der Waals surface area contributed by atoms with Crippen molar-refractivity contribution in [1.82, 2.24) is 9.55 Å². The van der Waals surface area contributed by atoms with Gasteiger partial charge < -0.3 is 0 Å². The molecule has 3 nitrogen and oxygen atoms in total. The molecule has 0 bridgehead atoms. The molecule has 0 saturated carbocycles. The third-order valence-corrected chi connectivity index (χ3v) is 4.54. The largest absolute Gasteiger partial charge is 0.295 e. The van der Waals surface area contributed by atoms with Crippen LogP contribution in [0.3, 0.4) is 0 Å². The number of benzene rings is 1. The van der Waals surface area contributed by atoms with Gasteiger partial charge in [0.05, 0.1) is 11.3 Å². The summed E-state index contributed by atoms with van der Waals surface area (Å²) in [6.45, 7) is 2.69. The zero-order chi connectivity index (χ0) is 14.8. The fourth-order valence-electron chi connectivity index (χ4n) is 2.45. The Labute approximate surface area is 131 Å². The predicted molar refractivity (Wildman–Crippen MR) is 89.2 cm³/mol. The lowest BCUT2D eigenvalue weighted by atomic mass is 10.1. The summed E-state index contributed by atoms with van der Waals surface area (Å²) < 4.78 is 1.70. The molecule has 0 fully saturated rings. The van der Waals surface area contributed by atoms with E-state index in [4.69, 9.17) is 11.6 Å². The molecule has 0 aliphatic rings. The highest BCUT2D eigenvalue weighted by Gasteiger charge is 2.16. The smallest absolute Gasteiger partial charge is 0.262 e. The van der Waals surface area contributed by atoms with Crippen molar-refractivity contribution in [2.24, 2.45) is 0 Å². The quantitative estimate of drug-likeness (QED) is 0.673. The first kappa shape index (κ1) is 14.3. The zero-order valence-electron chi connectivity index (χ0n) is 11.7. The van der Waals surface area contributed by atoms with Crippen molar-refractivity contribution in [2.45, 2.75) is 25.8 Å². The fraction of sp³-hybridized carbons (Fsp3) is 0.250. The summed E-state index contributed by atoms with van der Waals surface area (Å²) in [4.78, 5) is 18.2. The summed E-state index contributed by atoms with van der Waals surface area (Å²) in [7, 11) is 0. The molecular formula is C16H15ClN2OS. The van der Waals surface area contributed by atoms with Crippen LogP contribution in [0.5, 0.6) is 0 Å². The van der Waals surface area contributed by atoms with E-state index in [1.807, 2.05) is 42.6 Å². The number of rotatable bonds is 4. The number of halogens is 1. The fourth-order valence-corrected chi connectivity index (χ4v) is 3.61. The molecule has 0 unspecified atom stereocenters. The third-order valence-electron chi connectivity index (χ3n) is 3.42. The van der Waals surface area contributed by atoms with Crippen LogP contribution in [0.1, 0.15) is 19.2 Å². The van der Waals surface area contributed by atoms with E-state index in [0.717, 1.165) is 22.4 Å². The summed E-state index contributed by atoms with van der Waals surface area (Å²) in [5.41, 5.74) is 2.01. The van der Waals surface area contributed by atoms with Crippen molar-refractivity contribution in [3.8, 4) is 11.1 Å². The third kappa shape index (κ3) is 2.49. The average Bonchev–Trinajstić information content (AvgIpc) is 2.95. The van der Waals surface area contributed by atoms with Gasteiger partial charge in [-0.3, -0.25) is 9.36 Å². The number of hydrogen-bond donors (Lipinski definition) is 0. The van der Waals surface area contributed by atoms with Crippen LogP contribution in [-0.2, 0) is 12.4 Å². The second-order valence-corrected chi connectivity index (χ2v) is 5.94. The maximum atomic E-state index is 12.8. The minimum Gasteiger partial charge on any atom is -0.295 e. The van der Waals surface area contributed by atoms with Gasteiger partial charge in [0.15, 0.2) is 0 Å². The predicted octanol–water partition coefficient (Wildman–Crippen LogP) is 4.27. The molecule has 2 heterocycles. The molecule has 0 radical (unpaired) electrons. The van der Waals surface area contributed by atoms with E-state index in [1.54, 1.807) is 4.57 Å². The van der Waals surface area contributed by atoms with Crippen LogP contribution < -0.4 is 5.56 Å². The molecule has 108 valence electrons. The average molecular weight is 319 g/mol. The monoisotopic (exact) mass is 318 g/mol. The Morgan fingerprint density at radius 2 is 2.05 bits per heavy atom. The molecule has 3 aromatic rings. The minimum atomic E-state index is 0.0117. The van der Waals surface area contributed by atoms with Crippen molar-refractivity contribution >= 4 is 33.2 Å². The molecule has 0 aliphatic carbocycles. The van der Waals surface area contributed by atoms with Gasteiger partial charge in [0.25, 0.3) is 5.56 Å². The Balaban J connectivity index is 2.31. The van der Waals surface area contributed by atoms with Crippen LogP contribution in [-0.4, -0.2) is 9.55 Å². The Kier molecular flexibility index (Phi) is 4.08. The second kappa shape index (κ2) is 6.00. The van der Waals surface area contributed by atoms with Crippen LogP contribution in [0.15, 0.2) is 40.5 Å². The van der Waals surface area contributed by atoms with E-state index < -0.39 is 0 Å². The Morgan fingerprint density at radius 3 is 2.71 bits per heavy atom. The van der Waals surface area contributed by atoms with Crippen LogP contribution in [0.25, 0.3) is 21.3 Å². The first-order valence-electron chi connectivity index (χ1n) is 6.88. The van der Waals surface area contributed by atoms with E-state index in [-0.39, 0.29) is 11.4 Å². The van der Waals surface area contributed by atoms with Crippen LogP contribution >= 0.6 is 22.9 Å². The highest BCUT2D eigenvalue weighted by atomic mass is 35.5. The van der Waals surface area contributed by atoms with Gasteiger partial charge in [-0.1, -0.05) is 37.3 Å². The Morgan fingerprint density at radius 1 is 1.29 bits per heavy atom. The van der Waals surface area contributed by atoms with E-state index in [9.17, 15) is 4.79 Å². The number of nitrogens with zero attached hydrogens (tertiary/aromatic N) is 2. The molecule has 1 aromatic carbocycles. The lowest BCUT2D eigenvalue weighted by Crippen LogP contribution is -2.24.